The van der Waals surface area contributed by atoms with Gasteiger partial charge in [-0.3, -0.25) is 14.5 Å². The highest BCUT2D eigenvalue weighted by Crippen LogP contribution is 2.31. The van der Waals surface area contributed by atoms with E-state index in [0.29, 0.717) is 25.6 Å². The molecule has 1 N–H and O–H groups in total. The molecule has 32 heavy (non-hydrogen) atoms. The van der Waals surface area contributed by atoms with Gasteiger partial charge in [0.1, 0.15) is 0 Å². The second kappa shape index (κ2) is 12.8. The monoisotopic (exact) mass is 440 g/mol. The topological polar surface area (TPSA) is 55.9 Å². The van der Waals surface area contributed by atoms with Crippen molar-refractivity contribution < 1.29 is 9.59 Å². The molecule has 0 bridgehead atoms. The van der Waals surface area contributed by atoms with Crippen LogP contribution in [0.4, 0.5) is 0 Å². The Labute approximate surface area is 193 Å². The number of nitrogens with zero attached hydrogens (tertiary/aromatic N) is 3. The summed E-state index contributed by atoms with van der Waals surface area (Å²) < 4.78 is 0. The molecular weight excluding hydrogens is 400 g/mol. The lowest BCUT2D eigenvalue weighted by molar-refractivity contribution is -0.132. The van der Waals surface area contributed by atoms with Crippen molar-refractivity contribution in [1.29, 1.82) is 0 Å². The number of hydrogen-bond donors (Lipinski definition) is 1. The van der Waals surface area contributed by atoms with E-state index in [1.54, 1.807) is 6.08 Å². The van der Waals surface area contributed by atoms with E-state index in [1.807, 2.05) is 41.3 Å². The number of nitrogens with one attached hydrogen (secondary N) is 1. The van der Waals surface area contributed by atoms with Crippen LogP contribution in [0, 0.1) is 5.92 Å². The first-order valence-corrected chi connectivity index (χ1v) is 12.4. The van der Waals surface area contributed by atoms with Crippen LogP contribution in [0.1, 0.15) is 45.1 Å². The van der Waals surface area contributed by atoms with Gasteiger partial charge in [0.05, 0.1) is 6.04 Å². The number of benzene rings is 1. The molecule has 1 heterocycles. The molecule has 6 heteroatoms. The first-order valence-electron chi connectivity index (χ1n) is 12.4. The van der Waals surface area contributed by atoms with E-state index in [0.717, 1.165) is 51.1 Å². The lowest BCUT2D eigenvalue weighted by atomic mass is 9.95. The third kappa shape index (κ3) is 6.91. The van der Waals surface area contributed by atoms with Gasteiger partial charge < -0.3 is 15.1 Å². The largest absolute Gasteiger partial charge is 0.353 e. The maximum absolute atomic E-state index is 13.2. The molecule has 1 saturated heterocycles. The normalized spacial score (nSPS) is 19.0. The van der Waals surface area contributed by atoms with Gasteiger partial charge in [-0.2, -0.15) is 0 Å². The standard InChI is InChI=1S/C26H40N4O2/c1-3-28(4-2)17-16-27-26(32)25(23-12-8-9-13-23)30-20-18-29(19-21-30)24(31)15-14-22-10-6-5-7-11-22/h5-7,10-11,14-15,23,25H,3-4,8-9,12-13,16-21H2,1-2H3,(H,27,32)/b15-14+. The average molecular weight is 441 g/mol. The smallest absolute Gasteiger partial charge is 0.246 e. The fraction of sp³-hybridized carbons (Fsp3) is 0.615. The number of carbonyl (C=O) groups is 2. The van der Waals surface area contributed by atoms with Crippen LogP contribution in [-0.2, 0) is 9.59 Å². The number of likely N-dealkylation sites (N-methyl/N-ethyl adjacent to an activating group) is 1. The second-order valence-corrected chi connectivity index (χ2v) is 8.91. The summed E-state index contributed by atoms with van der Waals surface area (Å²) >= 11 is 0. The number of amides is 2. The van der Waals surface area contributed by atoms with Crippen molar-refractivity contribution in [3.63, 3.8) is 0 Å². The highest BCUT2D eigenvalue weighted by atomic mass is 16.2. The average Bonchev–Trinajstić information content (AvgIpc) is 3.36. The lowest BCUT2D eigenvalue weighted by Gasteiger charge is -2.40. The first kappa shape index (κ1) is 24.5. The summed E-state index contributed by atoms with van der Waals surface area (Å²) in [5, 5.41) is 3.21. The van der Waals surface area contributed by atoms with Crippen molar-refractivity contribution in [3.8, 4) is 0 Å². The summed E-state index contributed by atoms with van der Waals surface area (Å²) in [6.07, 6.45) is 8.24. The van der Waals surface area contributed by atoms with Gasteiger partial charge >= 0.3 is 0 Å². The Balaban J connectivity index is 1.53. The Bertz CT molecular complexity index is 733. The molecule has 3 rings (SSSR count). The predicted octanol–water partition coefficient (Wildman–Crippen LogP) is 2.86. The van der Waals surface area contributed by atoms with Crippen molar-refractivity contribution >= 4 is 17.9 Å². The van der Waals surface area contributed by atoms with Crippen molar-refractivity contribution in [2.75, 3.05) is 52.4 Å². The van der Waals surface area contributed by atoms with Crippen LogP contribution < -0.4 is 5.32 Å². The van der Waals surface area contributed by atoms with Crippen molar-refractivity contribution in [1.82, 2.24) is 20.0 Å². The van der Waals surface area contributed by atoms with E-state index in [9.17, 15) is 9.59 Å². The zero-order valence-electron chi connectivity index (χ0n) is 19.8. The Morgan fingerprint density at radius 3 is 2.34 bits per heavy atom. The second-order valence-electron chi connectivity index (χ2n) is 8.91. The van der Waals surface area contributed by atoms with Crippen LogP contribution in [0.5, 0.6) is 0 Å². The van der Waals surface area contributed by atoms with Crippen LogP contribution in [0.2, 0.25) is 0 Å². The van der Waals surface area contributed by atoms with Gasteiger partial charge in [0, 0.05) is 45.3 Å². The quantitative estimate of drug-likeness (QED) is 0.569. The maximum atomic E-state index is 13.2. The highest BCUT2D eigenvalue weighted by Gasteiger charge is 2.37. The molecule has 1 saturated carbocycles. The van der Waals surface area contributed by atoms with Crippen molar-refractivity contribution in [2.24, 2.45) is 5.92 Å². The Kier molecular flexibility index (Phi) is 9.75. The fourth-order valence-corrected chi connectivity index (χ4v) is 4.99. The molecule has 1 aromatic carbocycles. The summed E-state index contributed by atoms with van der Waals surface area (Å²) in [7, 11) is 0. The summed E-state index contributed by atoms with van der Waals surface area (Å²) in [6, 6.07) is 9.84. The molecule has 1 aliphatic carbocycles. The minimum Gasteiger partial charge on any atom is -0.353 e. The van der Waals surface area contributed by atoms with E-state index < -0.39 is 0 Å². The minimum atomic E-state index is -0.0636. The Morgan fingerprint density at radius 1 is 1.06 bits per heavy atom. The van der Waals surface area contributed by atoms with Crippen molar-refractivity contribution in [3.05, 3.63) is 42.0 Å². The minimum absolute atomic E-state index is 0.0505. The molecular formula is C26H40N4O2. The predicted molar refractivity (Wildman–Crippen MR) is 130 cm³/mol. The van der Waals surface area contributed by atoms with Gasteiger partial charge in [-0.1, -0.05) is 57.0 Å². The molecule has 1 aromatic rings. The summed E-state index contributed by atoms with van der Waals surface area (Å²) in [5.74, 6) is 0.658. The summed E-state index contributed by atoms with van der Waals surface area (Å²) in [6.45, 7) is 10.8. The van der Waals surface area contributed by atoms with Crippen LogP contribution in [0.25, 0.3) is 6.08 Å². The van der Waals surface area contributed by atoms with Crippen LogP contribution in [0.15, 0.2) is 36.4 Å². The third-order valence-electron chi connectivity index (χ3n) is 6.97. The van der Waals surface area contributed by atoms with Crippen LogP contribution >= 0.6 is 0 Å². The molecule has 176 valence electrons. The molecule has 1 aliphatic heterocycles. The number of carbonyl (C=O) groups excluding carboxylic acids is 2. The molecule has 1 unspecified atom stereocenters. The van der Waals surface area contributed by atoms with E-state index in [1.165, 1.54) is 12.8 Å². The van der Waals surface area contributed by atoms with Gasteiger partial charge in [0.15, 0.2) is 0 Å². The van der Waals surface area contributed by atoms with Gasteiger partial charge in [-0.05, 0) is 43.5 Å². The number of rotatable bonds is 10. The van der Waals surface area contributed by atoms with Gasteiger partial charge in [-0.25, -0.2) is 0 Å². The molecule has 0 spiro atoms. The SMILES string of the molecule is CCN(CC)CCNC(=O)C(C1CCCC1)N1CCN(C(=O)/C=C/c2ccccc2)CC1. The fourth-order valence-electron chi connectivity index (χ4n) is 4.99. The van der Waals surface area contributed by atoms with Gasteiger partial charge in [0.25, 0.3) is 0 Å². The Morgan fingerprint density at radius 2 is 1.72 bits per heavy atom. The summed E-state index contributed by atoms with van der Waals surface area (Å²) in [5.41, 5.74) is 1.03. The van der Waals surface area contributed by atoms with E-state index in [2.05, 4.69) is 29.0 Å². The number of piperazine rings is 1. The zero-order valence-corrected chi connectivity index (χ0v) is 19.8. The van der Waals surface area contributed by atoms with E-state index in [4.69, 9.17) is 0 Å². The van der Waals surface area contributed by atoms with E-state index >= 15 is 0 Å². The number of hydrogen-bond acceptors (Lipinski definition) is 4. The van der Waals surface area contributed by atoms with Crippen molar-refractivity contribution in [2.45, 2.75) is 45.6 Å². The lowest BCUT2D eigenvalue weighted by Crippen LogP contribution is -2.58. The molecule has 1 atom stereocenters. The van der Waals surface area contributed by atoms with Gasteiger partial charge in [-0.15, -0.1) is 0 Å². The Hall–Kier alpha value is -2.18. The maximum Gasteiger partial charge on any atom is 0.246 e. The molecule has 2 aliphatic rings. The van der Waals surface area contributed by atoms with E-state index in [-0.39, 0.29) is 17.9 Å². The first-order chi connectivity index (χ1) is 15.6. The zero-order chi connectivity index (χ0) is 22.8. The third-order valence-corrected chi connectivity index (χ3v) is 6.97. The van der Waals surface area contributed by atoms with Gasteiger partial charge in [0.2, 0.25) is 11.8 Å². The summed E-state index contributed by atoms with van der Waals surface area (Å²) in [4.78, 5) is 32.4. The van der Waals surface area contributed by atoms with Crippen LogP contribution in [0.3, 0.4) is 0 Å². The molecule has 6 nitrogen and oxygen atoms in total. The van der Waals surface area contributed by atoms with Crippen LogP contribution in [-0.4, -0.2) is 84.9 Å². The molecule has 0 aromatic heterocycles. The molecule has 2 fully saturated rings. The molecule has 0 radical (unpaired) electrons. The molecule has 2 amide bonds. The highest BCUT2D eigenvalue weighted by molar-refractivity contribution is 5.91.